The summed E-state index contributed by atoms with van der Waals surface area (Å²) in [6, 6.07) is 7.82. The molecule has 0 bridgehead atoms. The zero-order valence-corrected chi connectivity index (χ0v) is 15.3. The van der Waals surface area contributed by atoms with Gasteiger partial charge >= 0.3 is 0 Å². The molecule has 1 aliphatic heterocycles. The Bertz CT molecular complexity index is 702. The zero-order chi connectivity index (χ0) is 17.5. The van der Waals surface area contributed by atoms with Crippen LogP contribution in [-0.4, -0.2) is 29.0 Å². The Morgan fingerprint density at radius 2 is 2.04 bits per heavy atom. The number of carbonyl (C=O) groups excluding carboxylic acids is 1. The molecule has 25 heavy (non-hydrogen) atoms. The minimum Gasteiger partial charge on any atom is -0.326 e. The van der Waals surface area contributed by atoms with Crippen LogP contribution in [0.5, 0.6) is 0 Å². The number of nitrogens with one attached hydrogen (secondary N) is 2. The average Bonchev–Trinajstić information content (AvgIpc) is 2.64. The van der Waals surface area contributed by atoms with E-state index in [4.69, 9.17) is 0 Å². The zero-order valence-electron chi connectivity index (χ0n) is 14.5. The molecule has 3 rings (SSSR count). The number of amides is 1. The Kier molecular flexibility index (Phi) is 6.42. The van der Waals surface area contributed by atoms with E-state index in [1.54, 1.807) is 18.5 Å². The van der Waals surface area contributed by atoms with Crippen molar-refractivity contribution in [1.29, 1.82) is 0 Å². The number of nitrogens with zero attached hydrogens (tertiary/aromatic N) is 2. The number of carbonyl (C=O) groups is 1. The van der Waals surface area contributed by atoms with Crippen LogP contribution in [0, 0.1) is 12.8 Å². The number of hydrogen-bond acceptors (Lipinski definition) is 5. The Hall–Kier alpha value is -1.92. The van der Waals surface area contributed by atoms with Crippen LogP contribution in [0.25, 0.3) is 0 Å². The van der Waals surface area contributed by atoms with Gasteiger partial charge in [0, 0.05) is 29.4 Å². The van der Waals surface area contributed by atoms with Gasteiger partial charge in [-0.05, 0) is 86.8 Å². The summed E-state index contributed by atoms with van der Waals surface area (Å²) in [6.07, 6.45) is 7.40. The fraction of sp³-hybridized carbons (Fsp3) is 0.421. The van der Waals surface area contributed by atoms with Gasteiger partial charge in [0.25, 0.3) is 0 Å². The highest BCUT2D eigenvalue weighted by atomic mass is 32.2. The maximum absolute atomic E-state index is 12.2. The van der Waals surface area contributed by atoms with Crippen LogP contribution in [0.4, 0.5) is 5.69 Å². The molecular weight excluding hydrogens is 332 g/mol. The van der Waals surface area contributed by atoms with Gasteiger partial charge in [-0.1, -0.05) is 0 Å². The maximum Gasteiger partial charge on any atom is 0.224 e. The number of hydrogen-bond donors (Lipinski definition) is 2. The van der Waals surface area contributed by atoms with Gasteiger partial charge in [-0.2, -0.15) is 0 Å². The summed E-state index contributed by atoms with van der Waals surface area (Å²) in [5.41, 5.74) is 1.93. The van der Waals surface area contributed by atoms with Crippen LogP contribution in [0.2, 0.25) is 0 Å². The first-order chi connectivity index (χ1) is 12.2. The molecule has 1 amide bonds. The van der Waals surface area contributed by atoms with Gasteiger partial charge in [-0.25, -0.2) is 9.97 Å². The predicted molar refractivity (Wildman–Crippen MR) is 101 cm³/mol. The van der Waals surface area contributed by atoms with Gasteiger partial charge in [0.2, 0.25) is 5.91 Å². The molecule has 2 N–H and O–H groups in total. The van der Waals surface area contributed by atoms with Crippen molar-refractivity contribution >= 4 is 23.4 Å². The summed E-state index contributed by atoms with van der Waals surface area (Å²) in [5.74, 6) is 0.783. The van der Waals surface area contributed by atoms with E-state index in [-0.39, 0.29) is 5.91 Å². The molecule has 0 radical (unpaired) electrons. The van der Waals surface area contributed by atoms with E-state index in [9.17, 15) is 4.79 Å². The van der Waals surface area contributed by atoms with Gasteiger partial charge in [0.05, 0.1) is 0 Å². The molecule has 0 spiro atoms. The standard InChI is InChI=1S/C19H24N4OS/c1-14-13-16(25-19-21-9-2-10-22-19)4-5-17(14)23-18(24)6-3-15-7-11-20-12-8-15/h2,4-5,9-10,13,15,20H,3,6-8,11-12H2,1H3,(H,23,24). The molecule has 2 heterocycles. The topological polar surface area (TPSA) is 66.9 Å². The van der Waals surface area contributed by atoms with Crippen molar-refractivity contribution < 1.29 is 4.79 Å². The highest BCUT2D eigenvalue weighted by molar-refractivity contribution is 7.99. The highest BCUT2D eigenvalue weighted by Crippen LogP contribution is 2.28. The third kappa shape index (κ3) is 5.54. The third-order valence-corrected chi connectivity index (χ3v) is 5.34. The van der Waals surface area contributed by atoms with E-state index in [2.05, 4.69) is 26.7 Å². The molecule has 2 aromatic rings. The van der Waals surface area contributed by atoms with Crippen molar-refractivity contribution in [3.8, 4) is 0 Å². The number of aromatic nitrogens is 2. The summed E-state index contributed by atoms with van der Waals surface area (Å²) >= 11 is 1.52. The summed E-state index contributed by atoms with van der Waals surface area (Å²) in [4.78, 5) is 21.7. The molecule has 132 valence electrons. The third-order valence-electron chi connectivity index (χ3n) is 4.46. The SMILES string of the molecule is Cc1cc(Sc2ncccn2)ccc1NC(=O)CCC1CCNCC1. The molecule has 0 aliphatic carbocycles. The van der Waals surface area contributed by atoms with Crippen LogP contribution < -0.4 is 10.6 Å². The quantitative estimate of drug-likeness (QED) is 0.773. The molecule has 1 fully saturated rings. The lowest BCUT2D eigenvalue weighted by molar-refractivity contribution is -0.116. The molecule has 5 nitrogen and oxygen atoms in total. The average molecular weight is 356 g/mol. The number of rotatable bonds is 6. The molecule has 1 aromatic carbocycles. The smallest absolute Gasteiger partial charge is 0.224 e. The van der Waals surface area contributed by atoms with Gasteiger partial charge < -0.3 is 10.6 Å². The monoisotopic (exact) mass is 356 g/mol. The van der Waals surface area contributed by atoms with Gasteiger partial charge in [0.15, 0.2) is 5.16 Å². The minimum absolute atomic E-state index is 0.105. The molecule has 0 saturated carbocycles. The molecule has 0 unspecified atom stereocenters. The first-order valence-electron chi connectivity index (χ1n) is 8.77. The first-order valence-corrected chi connectivity index (χ1v) is 9.58. The molecular formula is C19H24N4OS. The summed E-state index contributed by atoms with van der Waals surface area (Å²) < 4.78 is 0. The minimum atomic E-state index is 0.105. The van der Waals surface area contributed by atoms with Crippen LogP contribution in [0.3, 0.4) is 0 Å². The summed E-state index contributed by atoms with van der Waals surface area (Å²) in [5, 5.41) is 7.13. The Morgan fingerprint density at radius 3 is 2.76 bits per heavy atom. The Balaban J connectivity index is 1.52. The lowest BCUT2D eigenvalue weighted by atomic mass is 9.93. The fourth-order valence-electron chi connectivity index (χ4n) is 3.00. The lowest BCUT2D eigenvalue weighted by Gasteiger charge is -2.22. The highest BCUT2D eigenvalue weighted by Gasteiger charge is 2.15. The van der Waals surface area contributed by atoms with Gasteiger partial charge in [-0.15, -0.1) is 0 Å². The number of aryl methyl sites for hydroxylation is 1. The maximum atomic E-state index is 12.2. The molecule has 6 heteroatoms. The van der Waals surface area contributed by atoms with E-state index < -0.39 is 0 Å². The van der Waals surface area contributed by atoms with Crippen LogP contribution in [0.1, 0.15) is 31.2 Å². The lowest BCUT2D eigenvalue weighted by Crippen LogP contribution is -2.28. The molecule has 1 aromatic heterocycles. The largest absolute Gasteiger partial charge is 0.326 e. The summed E-state index contributed by atoms with van der Waals surface area (Å²) in [7, 11) is 0. The van der Waals surface area contributed by atoms with Crippen LogP contribution in [0.15, 0.2) is 46.7 Å². The van der Waals surface area contributed by atoms with E-state index >= 15 is 0 Å². The van der Waals surface area contributed by atoms with E-state index in [0.29, 0.717) is 12.3 Å². The second kappa shape index (κ2) is 8.97. The van der Waals surface area contributed by atoms with Crippen molar-refractivity contribution in [1.82, 2.24) is 15.3 Å². The number of anilines is 1. The summed E-state index contributed by atoms with van der Waals surface area (Å²) in [6.45, 7) is 4.17. The van der Waals surface area contributed by atoms with Crippen molar-refractivity contribution in [2.24, 2.45) is 5.92 Å². The molecule has 1 aliphatic rings. The number of piperidine rings is 1. The van der Waals surface area contributed by atoms with Crippen LogP contribution in [-0.2, 0) is 4.79 Å². The van der Waals surface area contributed by atoms with Crippen LogP contribution >= 0.6 is 11.8 Å². The van der Waals surface area contributed by atoms with Crippen molar-refractivity contribution in [3.05, 3.63) is 42.2 Å². The van der Waals surface area contributed by atoms with Crippen molar-refractivity contribution in [2.75, 3.05) is 18.4 Å². The Morgan fingerprint density at radius 1 is 1.28 bits per heavy atom. The normalized spacial score (nSPS) is 15.1. The van der Waals surface area contributed by atoms with E-state index in [1.165, 1.54) is 24.6 Å². The fourth-order valence-corrected chi connectivity index (χ4v) is 3.81. The second-order valence-electron chi connectivity index (χ2n) is 6.39. The predicted octanol–water partition coefficient (Wildman–Crippen LogP) is 3.65. The molecule has 0 atom stereocenters. The van der Waals surface area contributed by atoms with Crippen molar-refractivity contribution in [3.63, 3.8) is 0 Å². The van der Waals surface area contributed by atoms with E-state index in [0.717, 1.165) is 40.8 Å². The molecule has 1 saturated heterocycles. The second-order valence-corrected chi connectivity index (χ2v) is 7.43. The van der Waals surface area contributed by atoms with Gasteiger partial charge in [0.1, 0.15) is 0 Å². The van der Waals surface area contributed by atoms with Crippen molar-refractivity contribution in [2.45, 2.75) is 42.7 Å². The number of benzene rings is 1. The van der Waals surface area contributed by atoms with Gasteiger partial charge in [-0.3, -0.25) is 4.79 Å². The Labute approximate surface area is 153 Å². The first kappa shape index (κ1) is 17.9. The van der Waals surface area contributed by atoms with E-state index in [1.807, 2.05) is 19.1 Å².